The fraction of sp³-hybridized carbons (Fsp3) is 0.458. The number of sulfone groups is 1. The fourth-order valence-electron chi connectivity index (χ4n) is 3.52. The van der Waals surface area contributed by atoms with Crippen molar-refractivity contribution in [2.45, 2.75) is 44.9 Å². The van der Waals surface area contributed by atoms with Gasteiger partial charge < -0.3 is 25.4 Å². The molecule has 2 rings (SSSR count). The van der Waals surface area contributed by atoms with Gasteiger partial charge in [-0.3, -0.25) is 23.7 Å². The number of hydrogen-bond acceptors (Lipinski definition) is 9. The van der Waals surface area contributed by atoms with E-state index >= 15 is 0 Å². The van der Waals surface area contributed by atoms with Crippen molar-refractivity contribution >= 4 is 51.0 Å². The predicted molar refractivity (Wildman–Crippen MR) is 138 cm³/mol. The lowest BCUT2D eigenvalue weighted by Gasteiger charge is -2.25. The molecule has 0 unspecified atom stereocenters. The Bertz CT molecular complexity index is 1310. The lowest BCUT2D eigenvalue weighted by molar-refractivity contribution is -0.141. The van der Waals surface area contributed by atoms with Crippen LogP contribution in [0.2, 0.25) is 0 Å². The zero-order valence-electron chi connectivity index (χ0n) is 21.8. The van der Waals surface area contributed by atoms with Gasteiger partial charge in [-0.15, -0.1) is 0 Å². The number of nitrogens with one attached hydrogen (secondary N) is 3. The number of amides is 3. The van der Waals surface area contributed by atoms with Gasteiger partial charge in [0.15, 0.2) is 0 Å². The molecule has 0 saturated carbocycles. The molecule has 3 amide bonds. The van der Waals surface area contributed by atoms with Crippen molar-refractivity contribution in [3.8, 4) is 0 Å². The maximum absolute atomic E-state index is 13.3. The second-order valence-corrected chi connectivity index (χ2v) is 11.7. The lowest BCUT2D eigenvalue weighted by Crippen LogP contribution is -2.57. The van der Waals surface area contributed by atoms with E-state index < -0.39 is 63.7 Å². The molecular formula is C24H32N4O9S. The third-order valence-corrected chi connectivity index (χ3v) is 6.04. The molecule has 0 bridgehead atoms. The second-order valence-electron chi connectivity index (χ2n) is 9.53. The van der Waals surface area contributed by atoms with Crippen LogP contribution >= 0.6 is 0 Å². The highest BCUT2D eigenvalue weighted by molar-refractivity contribution is 7.90. The van der Waals surface area contributed by atoms with Gasteiger partial charge >= 0.3 is 12.1 Å². The minimum absolute atomic E-state index is 0.123. The number of nitrogens with zero attached hydrogens (tertiary/aromatic N) is 1. The molecule has 13 nitrogen and oxygen atoms in total. The first-order valence-corrected chi connectivity index (χ1v) is 13.6. The Hall–Kier alpha value is -3.94. The monoisotopic (exact) mass is 552 g/mol. The molecule has 1 aromatic heterocycles. The Kier molecular flexibility index (Phi) is 9.99. The van der Waals surface area contributed by atoms with Gasteiger partial charge in [0.1, 0.15) is 34.1 Å². The highest BCUT2D eigenvalue weighted by Gasteiger charge is 2.31. The molecule has 0 aliphatic rings. The van der Waals surface area contributed by atoms with E-state index in [0.29, 0.717) is 22.9 Å². The van der Waals surface area contributed by atoms with Crippen molar-refractivity contribution in [2.75, 3.05) is 25.7 Å². The van der Waals surface area contributed by atoms with Crippen LogP contribution in [-0.2, 0) is 44.9 Å². The maximum atomic E-state index is 13.3. The van der Waals surface area contributed by atoms with Gasteiger partial charge in [-0.05, 0) is 32.4 Å². The van der Waals surface area contributed by atoms with E-state index in [1.165, 1.54) is 10.8 Å². The van der Waals surface area contributed by atoms with E-state index in [1.54, 1.807) is 45.0 Å². The van der Waals surface area contributed by atoms with Crippen molar-refractivity contribution < 1.29 is 41.9 Å². The van der Waals surface area contributed by atoms with Crippen LogP contribution in [0.25, 0.3) is 10.9 Å². The first kappa shape index (κ1) is 30.3. The zero-order chi connectivity index (χ0) is 28.7. The summed E-state index contributed by atoms with van der Waals surface area (Å²) in [5.41, 5.74) is 0.218. The number of alkyl carbamates (subject to hydrolysis) is 1. The SMILES string of the molecule is COC(=O)CNC(=O)[C@H](CS(C)(=O)=O)NC(=O)[C@H](Cc1cn(C=O)c2ccccc12)NC(=O)OC(C)(C)C. The number of rotatable bonds is 11. The van der Waals surface area contributed by atoms with E-state index in [2.05, 4.69) is 20.7 Å². The van der Waals surface area contributed by atoms with Gasteiger partial charge in [-0.2, -0.15) is 0 Å². The summed E-state index contributed by atoms with van der Waals surface area (Å²) in [6, 6.07) is 4.01. The van der Waals surface area contributed by atoms with Crippen molar-refractivity contribution in [1.82, 2.24) is 20.5 Å². The van der Waals surface area contributed by atoms with E-state index in [9.17, 15) is 32.4 Å². The summed E-state index contributed by atoms with van der Waals surface area (Å²) in [4.78, 5) is 61.4. The number of hydrogen-bond donors (Lipinski definition) is 3. The normalized spacial score (nSPS) is 13.2. The van der Waals surface area contributed by atoms with Gasteiger partial charge in [-0.25, -0.2) is 13.2 Å². The molecule has 14 heteroatoms. The van der Waals surface area contributed by atoms with Crippen molar-refractivity contribution in [2.24, 2.45) is 0 Å². The average molecular weight is 553 g/mol. The van der Waals surface area contributed by atoms with Gasteiger partial charge in [0.05, 0.1) is 18.4 Å². The summed E-state index contributed by atoms with van der Waals surface area (Å²) in [5, 5.41) is 7.65. The molecule has 2 atom stereocenters. The molecule has 1 heterocycles. The quantitative estimate of drug-likeness (QED) is 0.254. The first-order valence-electron chi connectivity index (χ1n) is 11.5. The Balaban J connectivity index is 2.38. The third kappa shape index (κ3) is 9.18. The van der Waals surface area contributed by atoms with Crippen LogP contribution in [0.3, 0.4) is 0 Å². The number of fused-ring (bicyclic) bond motifs is 1. The molecular weight excluding hydrogens is 520 g/mol. The summed E-state index contributed by atoms with van der Waals surface area (Å²) in [6.45, 7) is 4.35. The van der Waals surface area contributed by atoms with Gasteiger partial charge in [-0.1, -0.05) is 18.2 Å². The molecule has 0 radical (unpaired) electrons. The lowest BCUT2D eigenvalue weighted by atomic mass is 10.0. The van der Waals surface area contributed by atoms with Crippen molar-refractivity contribution in [3.63, 3.8) is 0 Å². The molecule has 0 fully saturated rings. The molecule has 0 aliphatic carbocycles. The van der Waals surface area contributed by atoms with Crippen LogP contribution in [0.5, 0.6) is 0 Å². The number of benzene rings is 1. The summed E-state index contributed by atoms with van der Waals surface area (Å²) in [7, 11) is -2.65. The number of esters is 1. The molecule has 38 heavy (non-hydrogen) atoms. The Morgan fingerprint density at radius 3 is 2.29 bits per heavy atom. The number of ether oxygens (including phenoxy) is 2. The molecule has 3 N–H and O–H groups in total. The molecule has 0 aliphatic heterocycles. The summed E-state index contributed by atoms with van der Waals surface area (Å²) in [6.07, 6.45) is 1.93. The average Bonchev–Trinajstić information content (AvgIpc) is 3.16. The molecule has 2 aromatic rings. The van der Waals surface area contributed by atoms with Gasteiger partial charge in [0.2, 0.25) is 18.2 Å². The van der Waals surface area contributed by atoms with E-state index in [-0.39, 0.29) is 6.42 Å². The highest BCUT2D eigenvalue weighted by Crippen LogP contribution is 2.22. The van der Waals surface area contributed by atoms with Crippen LogP contribution in [-0.4, -0.2) is 86.6 Å². The zero-order valence-corrected chi connectivity index (χ0v) is 22.6. The second kappa shape index (κ2) is 12.5. The minimum Gasteiger partial charge on any atom is -0.468 e. The number of aromatic nitrogens is 1. The maximum Gasteiger partial charge on any atom is 0.408 e. The number of methoxy groups -OCH3 is 1. The Morgan fingerprint density at radius 1 is 1.05 bits per heavy atom. The molecule has 0 saturated heterocycles. The standard InChI is InChI=1S/C24H32N4O9S/c1-24(2,3)37-23(33)27-17(10-15-12-28(14-29)19-9-7-6-8-16(15)19)22(32)26-18(13-38(5,34)35)21(31)25-11-20(30)36-4/h6-9,12,14,17-18H,10-11,13H2,1-5H3,(H,25,31)(H,26,32)(H,27,33)/t17-,18-/m0/s1. The van der Waals surface area contributed by atoms with Crippen LogP contribution in [0.1, 0.15) is 26.3 Å². The van der Waals surface area contributed by atoms with Crippen molar-refractivity contribution in [3.05, 3.63) is 36.0 Å². The fourth-order valence-corrected chi connectivity index (χ4v) is 4.36. The van der Waals surface area contributed by atoms with E-state index in [1.807, 2.05) is 0 Å². The molecule has 0 spiro atoms. The van der Waals surface area contributed by atoms with Crippen LogP contribution in [0.15, 0.2) is 30.5 Å². The Labute approximate surface area is 220 Å². The van der Waals surface area contributed by atoms with Gasteiger partial charge in [0.25, 0.3) is 0 Å². The van der Waals surface area contributed by atoms with Crippen LogP contribution < -0.4 is 16.0 Å². The number of para-hydroxylation sites is 1. The number of carbonyl (C=O) groups is 5. The number of carbonyl (C=O) groups excluding carboxylic acids is 5. The largest absolute Gasteiger partial charge is 0.468 e. The first-order chi connectivity index (χ1) is 17.6. The third-order valence-electron chi connectivity index (χ3n) is 5.11. The molecule has 1 aromatic carbocycles. The van der Waals surface area contributed by atoms with E-state index in [4.69, 9.17) is 4.74 Å². The van der Waals surface area contributed by atoms with Crippen LogP contribution in [0.4, 0.5) is 4.79 Å². The van der Waals surface area contributed by atoms with Gasteiger partial charge in [0, 0.05) is 24.3 Å². The minimum atomic E-state index is -3.76. The topological polar surface area (TPSA) is 179 Å². The van der Waals surface area contributed by atoms with Crippen molar-refractivity contribution in [1.29, 1.82) is 0 Å². The summed E-state index contributed by atoms with van der Waals surface area (Å²) >= 11 is 0. The highest BCUT2D eigenvalue weighted by atomic mass is 32.2. The molecule has 208 valence electrons. The van der Waals surface area contributed by atoms with Crippen LogP contribution in [0, 0.1) is 0 Å². The smallest absolute Gasteiger partial charge is 0.408 e. The predicted octanol–water partition coefficient (Wildman–Crippen LogP) is -0.0660. The Morgan fingerprint density at radius 2 is 1.71 bits per heavy atom. The summed E-state index contributed by atoms with van der Waals surface area (Å²) in [5.74, 6) is -3.38. The van der Waals surface area contributed by atoms with E-state index in [0.717, 1.165) is 13.4 Å². The summed E-state index contributed by atoms with van der Waals surface area (Å²) < 4.78 is 34.9.